The van der Waals surface area contributed by atoms with Gasteiger partial charge in [0.1, 0.15) is 0 Å². The highest BCUT2D eigenvalue weighted by Gasteiger charge is 2.01. The molecule has 4 heteroatoms. The predicted molar refractivity (Wildman–Crippen MR) is 72.4 cm³/mol. The van der Waals surface area contributed by atoms with Crippen molar-refractivity contribution in [1.29, 1.82) is 0 Å². The first-order valence-electron chi connectivity index (χ1n) is 5.81. The number of fused-ring (bicyclic) bond motifs is 1. The van der Waals surface area contributed by atoms with E-state index in [9.17, 15) is 4.79 Å². The minimum atomic E-state index is -0.0427. The summed E-state index contributed by atoms with van der Waals surface area (Å²) in [6.07, 6.45) is 2.32. The number of hydrogen-bond acceptors (Lipinski definition) is 3. The van der Waals surface area contributed by atoms with Gasteiger partial charge in [-0.1, -0.05) is 11.8 Å². The van der Waals surface area contributed by atoms with E-state index in [2.05, 4.69) is 22.1 Å². The third-order valence-corrected chi connectivity index (χ3v) is 2.65. The molecule has 0 aliphatic rings. The average Bonchev–Trinajstić information content (AvgIpc) is 2.39. The van der Waals surface area contributed by atoms with Gasteiger partial charge in [0.05, 0.1) is 17.2 Å². The van der Waals surface area contributed by atoms with Gasteiger partial charge in [-0.15, -0.1) is 0 Å². The summed E-state index contributed by atoms with van der Waals surface area (Å²) in [5, 5.41) is 3.65. The molecule has 1 N–H and O–H groups in total. The van der Waals surface area contributed by atoms with E-state index in [-0.39, 0.29) is 5.56 Å². The van der Waals surface area contributed by atoms with Crippen molar-refractivity contribution in [3.05, 3.63) is 40.4 Å². The van der Waals surface area contributed by atoms with Crippen LogP contribution in [0.3, 0.4) is 0 Å². The first-order valence-corrected chi connectivity index (χ1v) is 5.81. The Labute approximate surface area is 106 Å². The van der Waals surface area contributed by atoms with Gasteiger partial charge in [-0.05, 0) is 25.2 Å². The van der Waals surface area contributed by atoms with Crippen molar-refractivity contribution >= 4 is 10.9 Å². The lowest BCUT2D eigenvalue weighted by molar-refractivity contribution is 0.818. The molecule has 0 saturated heterocycles. The fourth-order valence-corrected chi connectivity index (χ4v) is 1.64. The Morgan fingerprint density at radius 3 is 3.06 bits per heavy atom. The Kier molecular flexibility index (Phi) is 3.75. The monoisotopic (exact) mass is 241 g/mol. The molecular formula is C14H15N3O. The third kappa shape index (κ3) is 2.58. The molecule has 0 aliphatic heterocycles. The molecule has 2 aromatic rings. The van der Waals surface area contributed by atoms with Crippen LogP contribution in [0.1, 0.15) is 12.0 Å². The Bertz CT molecular complexity index is 677. The molecule has 1 aromatic carbocycles. The summed E-state index contributed by atoms with van der Waals surface area (Å²) in [5.74, 6) is 6.11. The fourth-order valence-electron chi connectivity index (χ4n) is 1.64. The van der Waals surface area contributed by atoms with E-state index in [1.165, 1.54) is 10.9 Å². The molecule has 1 aromatic heterocycles. The molecule has 4 nitrogen and oxygen atoms in total. The lowest BCUT2D eigenvalue weighted by Gasteiger charge is -2.00. The number of hydrogen-bond donors (Lipinski definition) is 1. The summed E-state index contributed by atoms with van der Waals surface area (Å²) >= 11 is 0. The van der Waals surface area contributed by atoms with Crippen LogP contribution in [-0.4, -0.2) is 23.1 Å². The van der Waals surface area contributed by atoms with Crippen molar-refractivity contribution in [2.24, 2.45) is 7.05 Å². The van der Waals surface area contributed by atoms with Crippen LogP contribution < -0.4 is 10.9 Å². The molecule has 0 amide bonds. The van der Waals surface area contributed by atoms with E-state index in [1.807, 2.05) is 19.2 Å². The molecule has 0 spiro atoms. The van der Waals surface area contributed by atoms with Crippen LogP contribution in [0.15, 0.2) is 29.3 Å². The predicted octanol–water partition coefficient (Wildman–Crippen LogP) is 0.895. The highest BCUT2D eigenvalue weighted by Crippen LogP contribution is 2.08. The Balaban J connectivity index is 2.39. The van der Waals surface area contributed by atoms with E-state index in [0.717, 1.165) is 18.5 Å². The lowest BCUT2D eigenvalue weighted by Crippen LogP contribution is -2.16. The molecular weight excluding hydrogens is 226 g/mol. The molecule has 0 radical (unpaired) electrons. The molecule has 1 heterocycles. The molecule has 0 unspecified atom stereocenters. The smallest absolute Gasteiger partial charge is 0.260 e. The Morgan fingerprint density at radius 2 is 2.28 bits per heavy atom. The second-order valence-electron chi connectivity index (χ2n) is 4.05. The molecule has 0 atom stereocenters. The summed E-state index contributed by atoms with van der Waals surface area (Å²) < 4.78 is 1.47. The van der Waals surface area contributed by atoms with Crippen LogP contribution >= 0.6 is 0 Å². The van der Waals surface area contributed by atoms with Gasteiger partial charge in [0, 0.05) is 25.6 Å². The average molecular weight is 241 g/mol. The second-order valence-corrected chi connectivity index (χ2v) is 4.05. The molecule has 0 aliphatic carbocycles. The fraction of sp³-hybridized carbons (Fsp3) is 0.286. The van der Waals surface area contributed by atoms with Crippen LogP contribution in [0.25, 0.3) is 10.9 Å². The summed E-state index contributed by atoms with van der Waals surface area (Å²) in [6.45, 7) is 0.865. The zero-order valence-electron chi connectivity index (χ0n) is 10.5. The van der Waals surface area contributed by atoms with Gasteiger partial charge in [-0.3, -0.25) is 4.79 Å². The number of aryl methyl sites for hydroxylation is 1. The van der Waals surface area contributed by atoms with E-state index in [1.54, 1.807) is 13.1 Å². The second kappa shape index (κ2) is 5.48. The number of nitrogens with zero attached hydrogens (tertiary/aromatic N) is 2. The van der Waals surface area contributed by atoms with Gasteiger partial charge in [0.2, 0.25) is 0 Å². The van der Waals surface area contributed by atoms with Crippen molar-refractivity contribution < 1.29 is 0 Å². The van der Waals surface area contributed by atoms with E-state index < -0.39 is 0 Å². The largest absolute Gasteiger partial charge is 0.319 e. The molecule has 18 heavy (non-hydrogen) atoms. The summed E-state index contributed by atoms with van der Waals surface area (Å²) in [4.78, 5) is 16.1. The molecule has 2 rings (SSSR count). The van der Waals surface area contributed by atoms with Gasteiger partial charge in [0.25, 0.3) is 5.56 Å². The van der Waals surface area contributed by atoms with Gasteiger partial charge < -0.3 is 9.88 Å². The maximum atomic E-state index is 11.9. The number of rotatable bonds is 2. The first kappa shape index (κ1) is 12.3. The maximum Gasteiger partial charge on any atom is 0.260 e. The normalized spacial score (nSPS) is 10.1. The molecule has 0 fully saturated rings. The topological polar surface area (TPSA) is 46.9 Å². The summed E-state index contributed by atoms with van der Waals surface area (Å²) in [6, 6.07) is 5.52. The quantitative estimate of drug-likeness (QED) is 0.627. The molecule has 0 saturated carbocycles. The van der Waals surface area contributed by atoms with Crippen LogP contribution in [0.5, 0.6) is 0 Å². The lowest BCUT2D eigenvalue weighted by atomic mass is 10.1. The van der Waals surface area contributed by atoms with Crippen molar-refractivity contribution in [1.82, 2.24) is 14.9 Å². The van der Waals surface area contributed by atoms with E-state index in [4.69, 9.17) is 0 Å². The van der Waals surface area contributed by atoms with Crippen molar-refractivity contribution in [3.63, 3.8) is 0 Å². The highest BCUT2D eigenvalue weighted by molar-refractivity contribution is 5.78. The minimum absolute atomic E-state index is 0.0427. The number of benzene rings is 1. The highest BCUT2D eigenvalue weighted by atomic mass is 16.1. The van der Waals surface area contributed by atoms with Crippen LogP contribution in [0, 0.1) is 11.8 Å². The van der Waals surface area contributed by atoms with E-state index >= 15 is 0 Å². The zero-order chi connectivity index (χ0) is 13.0. The van der Waals surface area contributed by atoms with Gasteiger partial charge in [0.15, 0.2) is 0 Å². The molecule has 0 bridgehead atoms. The summed E-state index contributed by atoms with van der Waals surface area (Å²) in [7, 11) is 3.59. The zero-order valence-corrected chi connectivity index (χ0v) is 10.5. The van der Waals surface area contributed by atoms with Crippen LogP contribution in [-0.2, 0) is 7.05 Å². The van der Waals surface area contributed by atoms with Gasteiger partial charge in [-0.25, -0.2) is 4.98 Å². The number of aromatic nitrogens is 2. The van der Waals surface area contributed by atoms with Crippen molar-refractivity contribution in [2.45, 2.75) is 6.42 Å². The Morgan fingerprint density at radius 1 is 1.44 bits per heavy atom. The van der Waals surface area contributed by atoms with Crippen molar-refractivity contribution in [2.75, 3.05) is 13.6 Å². The number of nitrogens with one attached hydrogen (secondary N) is 1. The van der Waals surface area contributed by atoms with Gasteiger partial charge >= 0.3 is 0 Å². The summed E-state index contributed by atoms with van der Waals surface area (Å²) in [5.41, 5.74) is 1.52. The standard InChI is InChI=1S/C14H15N3O/c1-15-8-4-3-5-11-6-7-13-12(9-11)14(18)17(2)10-16-13/h6-7,9-10,15H,4,8H2,1-2H3. The first-order chi connectivity index (χ1) is 8.72. The van der Waals surface area contributed by atoms with Crippen molar-refractivity contribution in [3.8, 4) is 11.8 Å². The van der Waals surface area contributed by atoms with Crippen LogP contribution in [0.4, 0.5) is 0 Å². The maximum absolute atomic E-state index is 11.9. The minimum Gasteiger partial charge on any atom is -0.319 e. The van der Waals surface area contributed by atoms with Crippen LogP contribution in [0.2, 0.25) is 0 Å². The van der Waals surface area contributed by atoms with E-state index in [0.29, 0.717) is 10.9 Å². The SMILES string of the molecule is CNCCC#Cc1ccc2ncn(C)c(=O)c2c1. The Hall–Kier alpha value is -2.12. The molecule has 92 valence electrons. The van der Waals surface area contributed by atoms with Gasteiger partial charge in [-0.2, -0.15) is 0 Å². The third-order valence-electron chi connectivity index (χ3n) is 2.65.